The molecule has 0 aliphatic rings. The van der Waals surface area contributed by atoms with Gasteiger partial charge in [-0.05, 0) is 0 Å². The van der Waals surface area contributed by atoms with Crippen molar-refractivity contribution in [3.8, 4) is 0 Å². The normalized spacial score (nSPS) is 10.9. The van der Waals surface area contributed by atoms with E-state index in [0.717, 1.165) is 0 Å². The Morgan fingerprint density at radius 2 is 0.684 bits per heavy atom. The highest BCUT2D eigenvalue weighted by atomic mass is 24.4. The van der Waals surface area contributed by atoms with E-state index in [1.807, 2.05) is 0 Å². The average Bonchev–Trinajstić information content (AvgIpc) is 2.43. The van der Waals surface area contributed by atoms with Gasteiger partial charge >= 0.3 is 0 Å². The lowest BCUT2D eigenvalue weighted by Crippen LogP contribution is -1.83. The van der Waals surface area contributed by atoms with Gasteiger partial charge in [-0.25, -0.2) is 0 Å². The molecule has 0 amide bonds. The van der Waals surface area contributed by atoms with Crippen LogP contribution in [0, 0.1) is 0 Å². The van der Waals surface area contributed by atoms with Gasteiger partial charge in [-0.3, -0.25) is 0 Å². The molecule has 0 aliphatic heterocycles. The van der Waals surface area contributed by atoms with E-state index in [2.05, 4.69) is 28.6 Å². The smallest absolute Gasteiger partial charge is 0.177 e. The molecule has 0 rings (SSSR count). The van der Waals surface area contributed by atoms with E-state index in [9.17, 15) is 0 Å². The molecule has 0 atom stereocenters. The monoisotopic (exact) mass is 277 g/mol. The summed E-state index contributed by atoms with van der Waals surface area (Å²) in [5.41, 5.74) is 0. The van der Waals surface area contributed by atoms with Crippen LogP contribution in [0.5, 0.6) is 0 Å². The zero-order chi connectivity index (χ0) is 14.0. The molecule has 111 valence electrons. The number of hydrogen-bond acceptors (Lipinski definition) is 0. The van der Waals surface area contributed by atoms with Crippen LogP contribution in [-0.4, -0.2) is 21.7 Å². The van der Waals surface area contributed by atoms with Gasteiger partial charge in [0.1, 0.15) is 0 Å². The first-order valence-corrected chi connectivity index (χ1v) is 10.2. The van der Waals surface area contributed by atoms with Gasteiger partial charge in [-0.15, -0.1) is 0 Å². The fourth-order valence-electron chi connectivity index (χ4n) is 2.72. The molecule has 0 spiro atoms. The quantitative estimate of drug-likeness (QED) is 0.214. The van der Waals surface area contributed by atoms with Crippen molar-refractivity contribution >= 4 is 21.7 Å². The van der Waals surface area contributed by atoms with Gasteiger partial charge in [-0.1, -0.05) is 110 Å². The van der Waals surface area contributed by atoms with Gasteiger partial charge in [0.15, 0.2) is 0 Å². The average molecular weight is 278 g/mol. The Kier molecular flexibility index (Phi) is 19.5. The van der Waals surface area contributed by atoms with Crippen LogP contribution in [0.25, 0.3) is 0 Å². The van der Waals surface area contributed by atoms with Crippen LogP contribution in [0.1, 0.15) is 110 Å². The molecule has 0 fully saturated rings. The maximum atomic E-state index is 2.30. The van der Waals surface area contributed by atoms with Crippen molar-refractivity contribution in [3.05, 3.63) is 0 Å². The van der Waals surface area contributed by atoms with E-state index in [1.54, 1.807) is 0 Å². The van der Waals surface area contributed by atoms with Crippen molar-refractivity contribution in [2.24, 2.45) is 0 Å². The molecule has 1 radical (unpaired) electrons. The minimum atomic E-state index is 1.37. The molecule has 0 unspecified atom stereocenters. The van der Waals surface area contributed by atoms with Crippen molar-refractivity contribution in [2.75, 3.05) is 0 Å². The van der Waals surface area contributed by atoms with Gasteiger partial charge in [0.2, 0.25) is 21.7 Å². The van der Waals surface area contributed by atoms with E-state index in [-0.39, 0.29) is 0 Å². The molecular formula is C18H37Mg. The first-order valence-electron chi connectivity index (χ1n) is 9.21. The second-order valence-corrected chi connectivity index (χ2v) is 6.86. The fraction of sp³-hybridized carbons (Fsp3) is 1.00. The van der Waals surface area contributed by atoms with Crippen LogP contribution in [0.2, 0.25) is 4.55 Å². The summed E-state index contributed by atoms with van der Waals surface area (Å²) in [7, 11) is 0. The standard InChI is InChI=1S/C18H37.Mg/c1-3-5-7-9-11-13-15-17-18-16-14-12-10-8-6-4-2;/h1,3-18H2,2H3;. The summed E-state index contributed by atoms with van der Waals surface area (Å²) in [6.07, 6.45) is 23.6. The van der Waals surface area contributed by atoms with Crippen molar-refractivity contribution in [1.29, 1.82) is 0 Å². The molecule has 0 bridgehead atoms. The van der Waals surface area contributed by atoms with Crippen LogP contribution in [-0.2, 0) is 0 Å². The van der Waals surface area contributed by atoms with E-state index < -0.39 is 0 Å². The predicted molar refractivity (Wildman–Crippen MR) is 90.1 cm³/mol. The molecule has 0 aromatic carbocycles. The molecule has 0 aromatic heterocycles. The minimum absolute atomic E-state index is 1.37. The van der Waals surface area contributed by atoms with E-state index in [4.69, 9.17) is 0 Å². The molecule has 0 heterocycles. The Labute approximate surface area is 135 Å². The van der Waals surface area contributed by atoms with Gasteiger partial charge < -0.3 is 0 Å². The highest BCUT2D eigenvalue weighted by Gasteiger charge is 1.93. The van der Waals surface area contributed by atoms with E-state index in [0.29, 0.717) is 0 Å². The van der Waals surface area contributed by atoms with Crippen molar-refractivity contribution in [3.63, 3.8) is 0 Å². The lowest BCUT2D eigenvalue weighted by atomic mass is 10.0. The summed E-state index contributed by atoms with van der Waals surface area (Å²) in [6, 6.07) is 0. The third-order valence-electron chi connectivity index (χ3n) is 4.10. The maximum absolute atomic E-state index is 2.30. The lowest BCUT2D eigenvalue weighted by molar-refractivity contribution is 0.531. The Morgan fingerprint density at radius 1 is 0.421 bits per heavy atom. The zero-order valence-corrected chi connectivity index (χ0v) is 15.1. The number of hydrogen-bond donors (Lipinski definition) is 0. The van der Waals surface area contributed by atoms with Crippen LogP contribution in [0.15, 0.2) is 0 Å². The van der Waals surface area contributed by atoms with Crippen molar-refractivity contribution < 1.29 is 0 Å². The molecule has 0 aromatic rings. The zero-order valence-electron chi connectivity index (χ0n) is 13.7. The first-order chi connectivity index (χ1) is 9.41. The summed E-state index contributed by atoms with van der Waals surface area (Å²) in [5, 5.41) is 0. The van der Waals surface area contributed by atoms with Gasteiger partial charge in [-0.2, -0.15) is 4.55 Å². The van der Waals surface area contributed by atoms with Gasteiger partial charge in [0, 0.05) is 0 Å². The maximum Gasteiger partial charge on any atom is 0.222 e. The van der Waals surface area contributed by atoms with Crippen molar-refractivity contribution in [1.82, 2.24) is 0 Å². The molecule has 0 nitrogen and oxygen atoms in total. The summed E-state index contributed by atoms with van der Waals surface area (Å²) in [5.74, 6) is 0. The van der Waals surface area contributed by atoms with Crippen LogP contribution in [0.3, 0.4) is 0 Å². The lowest BCUT2D eigenvalue weighted by Gasteiger charge is -2.03. The molecule has 0 saturated heterocycles. The van der Waals surface area contributed by atoms with Gasteiger partial charge in [0.25, 0.3) is 0 Å². The van der Waals surface area contributed by atoms with Crippen LogP contribution in [0.4, 0.5) is 0 Å². The van der Waals surface area contributed by atoms with Crippen LogP contribution < -0.4 is 0 Å². The molecule has 0 N–H and O–H groups in total. The first kappa shape index (κ1) is 19.8. The largest absolute Gasteiger partial charge is 0.222 e. The molecule has 0 aliphatic carbocycles. The predicted octanol–water partition coefficient (Wildman–Crippen LogP) is 6.83. The number of rotatable bonds is 16. The molecule has 0 saturated carbocycles. The Hall–Kier alpha value is 0.766. The minimum Gasteiger partial charge on any atom is -0.177 e. The van der Waals surface area contributed by atoms with Crippen LogP contribution >= 0.6 is 0 Å². The second kappa shape index (κ2) is 18.8. The summed E-state index contributed by atoms with van der Waals surface area (Å²) in [4.78, 5) is 0. The topological polar surface area (TPSA) is 0 Å². The second-order valence-electron chi connectivity index (χ2n) is 6.16. The Morgan fingerprint density at radius 3 is 0.947 bits per heavy atom. The van der Waals surface area contributed by atoms with Gasteiger partial charge in [0.05, 0.1) is 0 Å². The summed E-state index contributed by atoms with van der Waals surface area (Å²) in [6.45, 7) is 2.30. The fourth-order valence-corrected chi connectivity index (χ4v) is 3.08. The van der Waals surface area contributed by atoms with E-state index >= 15 is 0 Å². The molecule has 1 heteroatoms. The highest BCUT2D eigenvalue weighted by Crippen LogP contribution is 2.13. The Balaban J connectivity index is 2.88. The molecule has 19 heavy (non-hydrogen) atoms. The third-order valence-corrected chi connectivity index (χ3v) is 4.60. The number of unbranched alkanes of at least 4 members (excludes halogenated alkanes) is 15. The SMILES string of the molecule is CCCCCCCCCCCCCCCCC[CH2][Mg]. The summed E-state index contributed by atoms with van der Waals surface area (Å²) < 4.78 is 1.40. The van der Waals surface area contributed by atoms with Crippen molar-refractivity contribution in [2.45, 2.75) is 114 Å². The summed E-state index contributed by atoms with van der Waals surface area (Å²) >= 11 is 2.12. The van der Waals surface area contributed by atoms with E-state index in [1.165, 1.54) is 107 Å². The molecular weight excluding hydrogens is 241 g/mol. The Bertz CT molecular complexity index is 129. The third kappa shape index (κ3) is 18.8. The highest BCUT2D eigenvalue weighted by molar-refractivity contribution is 6.08.